The molecule has 0 saturated carbocycles. The summed E-state index contributed by atoms with van der Waals surface area (Å²) in [5.41, 5.74) is 1.12. The molecule has 1 aromatic carbocycles. The second-order valence-electron chi connectivity index (χ2n) is 6.72. The summed E-state index contributed by atoms with van der Waals surface area (Å²) >= 11 is 0. The third-order valence-corrected chi connectivity index (χ3v) is 3.52. The highest BCUT2D eigenvalue weighted by atomic mass is 15.2. The molecule has 0 bridgehead atoms. The van der Waals surface area contributed by atoms with E-state index in [0.717, 1.165) is 18.8 Å². The minimum atomic E-state index is 0.0668. The van der Waals surface area contributed by atoms with Gasteiger partial charge < -0.3 is 4.90 Å². The Morgan fingerprint density at radius 1 is 0.952 bits per heavy atom. The maximum absolute atomic E-state index is 4.98. The van der Waals surface area contributed by atoms with Gasteiger partial charge in [0.25, 0.3) is 0 Å². The van der Waals surface area contributed by atoms with Crippen LogP contribution < -0.4 is 0 Å². The van der Waals surface area contributed by atoms with E-state index in [4.69, 9.17) is 4.99 Å². The molecule has 21 heavy (non-hydrogen) atoms. The van der Waals surface area contributed by atoms with Crippen molar-refractivity contribution in [3.8, 4) is 0 Å². The number of hydrogen-bond donors (Lipinski definition) is 0. The normalized spacial score (nSPS) is 12.5. The first-order valence-corrected chi connectivity index (χ1v) is 8.38. The monoisotopic (exact) mass is 288 g/mol. The number of nitrogens with zero attached hydrogens (tertiary/aromatic N) is 2. The van der Waals surface area contributed by atoms with Gasteiger partial charge in [-0.1, -0.05) is 65.7 Å². The lowest BCUT2D eigenvalue weighted by Gasteiger charge is -2.34. The predicted octanol–water partition coefficient (Wildman–Crippen LogP) is 5.66. The van der Waals surface area contributed by atoms with E-state index in [1.54, 1.807) is 0 Å². The van der Waals surface area contributed by atoms with Crippen molar-refractivity contribution in [2.45, 2.75) is 60.3 Å². The lowest BCUT2D eigenvalue weighted by Crippen LogP contribution is -2.40. The SMILES string of the molecule is CCCCN(CCCC)C(=Nc1ccccc1)C(C)(C)C. The van der Waals surface area contributed by atoms with E-state index in [-0.39, 0.29) is 5.41 Å². The smallest absolute Gasteiger partial charge is 0.110 e. The van der Waals surface area contributed by atoms with Crippen LogP contribution in [0.5, 0.6) is 0 Å². The maximum Gasteiger partial charge on any atom is 0.110 e. The second-order valence-corrected chi connectivity index (χ2v) is 6.72. The molecule has 0 aliphatic heterocycles. The quantitative estimate of drug-likeness (QED) is 0.466. The van der Waals surface area contributed by atoms with E-state index in [1.165, 1.54) is 31.5 Å². The van der Waals surface area contributed by atoms with Crippen LogP contribution in [0.3, 0.4) is 0 Å². The number of para-hydroxylation sites is 1. The summed E-state index contributed by atoms with van der Waals surface area (Å²) in [4.78, 5) is 7.48. The maximum atomic E-state index is 4.98. The van der Waals surface area contributed by atoms with Crippen LogP contribution in [0.1, 0.15) is 60.3 Å². The summed E-state index contributed by atoms with van der Waals surface area (Å²) in [6.07, 6.45) is 4.91. The minimum absolute atomic E-state index is 0.0668. The first kappa shape index (κ1) is 17.7. The van der Waals surface area contributed by atoms with Gasteiger partial charge in [-0.05, 0) is 25.0 Å². The van der Waals surface area contributed by atoms with Crippen LogP contribution in [0.4, 0.5) is 5.69 Å². The number of aliphatic imine (C=N–C) groups is 1. The Labute approximate surface area is 131 Å². The Morgan fingerprint density at radius 2 is 1.48 bits per heavy atom. The van der Waals surface area contributed by atoms with Gasteiger partial charge in [-0.25, -0.2) is 4.99 Å². The van der Waals surface area contributed by atoms with Gasteiger partial charge in [0.15, 0.2) is 0 Å². The van der Waals surface area contributed by atoms with Crippen LogP contribution in [0.15, 0.2) is 35.3 Å². The Bertz CT molecular complexity index is 407. The van der Waals surface area contributed by atoms with Crippen molar-refractivity contribution in [2.75, 3.05) is 13.1 Å². The molecule has 2 heteroatoms. The predicted molar refractivity (Wildman–Crippen MR) is 94.4 cm³/mol. The van der Waals surface area contributed by atoms with Crippen molar-refractivity contribution in [1.29, 1.82) is 0 Å². The molecule has 0 heterocycles. The van der Waals surface area contributed by atoms with Crippen LogP contribution in [0.2, 0.25) is 0 Å². The Kier molecular flexibility index (Phi) is 7.49. The molecule has 2 nitrogen and oxygen atoms in total. The molecule has 0 atom stereocenters. The molecule has 0 saturated heterocycles. The molecule has 1 aromatic rings. The highest BCUT2D eigenvalue weighted by molar-refractivity contribution is 5.89. The molecular formula is C19H32N2. The van der Waals surface area contributed by atoms with Gasteiger partial charge in [-0.2, -0.15) is 0 Å². The van der Waals surface area contributed by atoms with E-state index < -0.39 is 0 Å². The van der Waals surface area contributed by atoms with Crippen molar-refractivity contribution in [1.82, 2.24) is 4.90 Å². The average molecular weight is 288 g/mol. The van der Waals surface area contributed by atoms with Gasteiger partial charge in [0.05, 0.1) is 5.69 Å². The van der Waals surface area contributed by atoms with Crippen LogP contribution in [-0.4, -0.2) is 23.8 Å². The van der Waals surface area contributed by atoms with Crippen molar-refractivity contribution in [2.24, 2.45) is 10.4 Å². The number of benzene rings is 1. The zero-order valence-corrected chi connectivity index (χ0v) is 14.5. The molecule has 0 spiro atoms. The fraction of sp³-hybridized carbons (Fsp3) is 0.632. The fourth-order valence-electron chi connectivity index (χ4n) is 2.36. The molecule has 0 N–H and O–H groups in total. The first-order valence-electron chi connectivity index (χ1n) is 8.38. The van der Waals surface area contributed by atoms with E-state index in [1.807, 2.05) is 6.07 Å². The zero-order valence-electron chi connectivity index (χ0n) is 14.5. The Hall–Kier alpha value is -1.31. The van der Waals surface area contributed by atoms with Crippen LogP contribution in [0.25, 0.3) is 0 Å². The lowest BCUT2D eigenvalue weighted by atomic mass is 9.93. The minimum Gasteiger partial charge on any atom is -0.360 e. The molecule has 0 radical (unpaired) electrons. The molecule has 0 aliphatic carbocycles. The van der Waals surface area contributed by atoms with Crippen molar-refractivity contribution in [3.63, 3.8) is 0 Å². The van der Waals surface area contributed by atoms with Gasteiger partial charge in [0.2, 0.25) is 0 Å². The number of hydrogen-bond acceptors (Lipinski definition) is 1. The van der Waals surface area contributed by atoms with Gasteiger partial charge >= 0.3 is 0 Å². The summed E-state index contributed by atoms with van der Waals surface area (Å²) in [5, 5.41) is 0. The molecule has 0 unspecified atom stereocenters. The molecule has 0 aliphatic rings. The molecule has 0 fully saturated rings. The van der Waals surface area contributed by atoms with Gasteiger partial charge in [0, 0.05) is 18.5 Å². The molecule has 0 aromatic heterocycles. The van der Waals surface area contributed by atoms with Crippen molar-refractivity contribution in [3.05, 3.63) is 30.3 Å². The molecular weight excluding hydrogens is 256 g/mol. The number of unbranched alkanes of at least 4 members (excludes halogenated alkanes) is 2. The van der Waals surface area contributed by atoms with Gasteiger partial charge in [-0.15, -0.1) is 0 Å². The van der Waals surface area contributed by atoms with E-state index in [0.29, 0.717) is 0 Å². The van der Waals surface area contributed by atoms with E-state index >= 15 is 0 Å². The number of amidine groups is 1. The molecule has 0 amide bonds. The van der Waals surface area contributed by atoms with Crippen molar-refractivity contribution >= 4 is 11.5 Å². The second kappa shape index (κ2) is 8.86. The largest absolute Gasteiger partial charge is 0.360 e. The fourth-order valence-corrected chi connectivity index (χ4v) is 2.36. The summed E-state index contributed by atoms with van der Waals surface area (Å²) in [7, 11) is 0. The van der Waals surface area contributed by atoms with Crippen LogP contribution in [0, 0.1) is 5.41 Å². The summed E-state index contributed by atoms with van der Waals surface area (Å²) < 4.78 is 0. The van der Waals surface area contributed by atoms with Crippen LogP contribution >= 0.6 is 0 Å². The Balaban J connectivity index is 3.04. The Morgan fingerprint density at radius 3 is 1.90 bits per heavy atom. The van der Waals surface area contributed by atoms with E-state index in [9.17, 15) is 0 Å². The van der Waals surface area contributed by atoms with E-state index in [2.05, 4.69) is 63.8 Å². The average Bonchev–Trinajstić information content (AvgIpc) is 2.45. The zero-order chi connectivity index (χ0) is 15.7. The summed E-state index contributed by atoms with van der Waals surface area (Å²) in [6.45, 7) is 13.5. The lowest BCUT2D eigenvalue weighted by molar-refractivity contribution is 0.356. The van der Waals surface area contributed by atoms with Gasteiger partial charge in [-0.3, -0.25) is 0 Å². The standard InChI is InChI=1S/C19H32N2/c1-6-8-15-21(16-9-7-2)18(19(3,4)5)20-17-13-11-10-12-14-17/h10-14H,6-9,15-16H2,1-5H3. The summed E-state index contributed by atoms with van der Waals surface area (Å²) in [6, 6.07) is 10.3. The topological polar surface area (TPSA) is 15.6 Å². The molecule has 1 rings (SSSR count). The van der Waals surface area contributed by atoms with Crippen molar-refractivity contribution < 1.29 is 0 Å². The third-order valence-electron chi connectivity index (χ3n) is 3.52. The number of rotatable bonds is 7. The highest BCUT2D eigenvalue weighted by Gasteiger charge is 2.24. The first-order chi connectivity index (χ1) is 9.99. The summed E-state index contributed by atoms with van der Waals surface area (Å²) in [5.74, 6) is 1.22. The van der Waals surface area contributed by atoms with Gasteiger partial charge in [0.1, 0.15) is 5.84 Å². The highest BCUT2D eigenvalue weighted by Crippen LogP contribution is 2.24. The van der Waals surface area contributed by atoms with Crippen LogP contribution in [-0.2, 0) is 0 Å². The third kappa shape index (κ3) is 6.33. The molecule has 118 valence electrons.